The largest absolute Gasteiger partial charge is 0.352 e. The van der Waals surface area contributed by atoms with Crippen molar-refractivity contribution in [1.82, 2.24) is 10.2 Å². The quantitative estimate of drug-likeness (QED) is 0.896. The Morgan fingerprint density at radius 1 is 1.35 bits per heavy atom. The van der Waals surface area contributed by atoms with Crippen LogP contribution in [0.2, 0.25) is 0 Å². The second kappa shape index (κ2) is 6.38. The lowest BCUT2D eigenvalue weighted by Gasteiger charge is -2.35. The Bertz CT molecular complexity index is 675. The van der Waals surface area contributed by atoms with Crippen LogP contribution in [0.1, 0.15) is 41.1 Å². The Hall–Kier alpha value is -1.17. The van der Waals surface area contributed by atoms with Gasteiger partial charge in [-0.3, -0.25) is 9.69 Å². The lowest BCUT2D eigenvalue weighted by Crippen LogP contribution is -2.45. The number of hydrogen-bond donors (Lipinski definition) is 1. The van der Waals surface area contributed by atoms with Crippen molar-refractivity contribution in [2.75, 3.05) is 13.1 Å². The van der Waals surface area contributed by atoms with Crippen molar-refractivity contribution >= 4 is 28.6 Å². The highest BCUT2D eigenvalue weighted by Crippen LogP contribution is 2.39. The summed E-state index contributed by atoms with van der Waals surface area (Å²) in [5.74, 6) is 0.876. The summed E-state index contributed by atoms with van der Waals surface area (Å²) in [5.41, 5.74) is 1.40. The van der Waals surface area contributed by atoms with Crippen molar-refractivity contribution in [1.29, 1.82) is 0 Å². The molecule has 0 unspecified atom stereocenters. The second-order valence-corrected chi connectivity index (χ2v) is 8.61. The molecule has 5 heteroatoms. The normalized spacial score (nSPS) is 22.6. The van der Waals surface area contributed by atoms with E-state index in [0.29, 0.717) is 18.5 Å². The minimum absolute atomic E-state index is 0.171. The van der Waals surface area contributed by atoms with Crippen LogP contribution in [-0.4, -0.2) is 29.9 Å². The average molecular weight is 347 g/mol. The standard InChI is InChI=1S/C18H22N2OS2/c1-12(13-4-5-13)19-17(21)11-20-8-6-15-14(7-10-23-15)18(20)16-3-2-9-22-16/h2-3,7,9-10,12-13,18H,4-6,8,11H2,1H3,(H,19,21)/t12-,18+/m0/s1. The predicted octanol–water partition coefficient (Wildman–Crippen LogP) is 3.67. The maximum absolute atomic E-state index is 12.5. The highest BCUT2D eigenvalue weighted by molar-refractivity contribution is 7.10. The molecule has 0 radical (unpaired) electrons. The summed E-state index contributed by atoms with van der Waals surface area (Å²) in [7, 11) is 0. The molecule has 1 aliphatic carbocycles. The van der Waals surface area contributed by atoms with Crippen LogP contribution in [0.25, 0.3) is 0 Å². The second-order valence-electron chi connectivity index (χ2n) is 6.63. The van der Waals surface area contributed by atoms with Gasteiger partial charge < -0.3 is 5.32 Å². The summed E-state index contributed by atoms with van der Waals surface area (Å²) in [5, 5.41) is 7.51. The van der Waals surface area contributed by atoms with E-state index < -0.39 is 0 Å². The van der Waals surface area contributed by atoms with Gasteiger partial charge in [0.25, 0.3) is 0 Å². The number of carbonyl (C=O) groups excluding carboxylic acids is 1. The molecular weight excluding hydrogens is 324 g/mol. The molecule has 0 saturated heterocycles. The molecule has 2 aliphatic rings. The monoisotopic (exact) mass is 346 g/mol. The molecule has 0 aromatic carbocycles. The summed E-state index contributed by atoms with van der Waals surface area (Å²) < 4.78 is 0. The number of rotatable bonds is 5. The van der Waals surface area contributed by atoms with Gasteiger partial charge in [-0.1, -0.05) is 6.07 Å². The highest BCUT2D eigenvalue weighted by atomic mass is 32.1. The van der Waals surface area contributed by atoms with Gasteiger partial charge in [-0.15, -0.1) is 22.7 Å². The van der Waals surface area contributed by atoms with E-state index in [2.05, 4.69) is 46.1 Å². The number of hydrogen-bond acceptors (Lipinski definition) is 4. The van der Waals surface area contributed by atoms with Crippen molar-refractivity contribution in [3.05, 3.63) is 44.3 Å². The molecule has 1 saturated carbocycles. The maximum Gasteiger partial charge on any atom is 0.234 e. The van der Waals surface area contributed by atoms with E-state index in [-0.39, 0.29) is 11.9 Å². The summed E-state index contributed by atoms with van der Waals surface area (Å²) in [6, 6.07) is 7.10. The number of nitrogens with zero attached hydrogens (tertiary/aromatic N) is 1. The fraction of sp³-hybridized carbons (Fsp3) is 0.500. The van der Waals surface area contributed by atoms with Crippen LogP contribution >= 0.6 is 22.7 Å². The Labute approximate surface area is 145 Å². The first-order valence-electron chi connectivity index (χ1n) is 8.35. The molecule has 1 fully saturated rings. The third-order valence-corrected chi connectivity index (χ3v) is 6.86. The lowest BCUT2D eigenvalue weighted by atomic mass is 9.98. The van der Waals surface area contributed by atoms with E-state index in [1.54, 1.807) is 11.3 Å². The van der Waals surface area contributed by atoms with Gasteiger partial charge in [0.05, 0.1) is 12.6 Å². The van der Waals surface area contributed by atoms with Gasteiger partial charge in [0.2, 0.25) is 5.91 Å². The van der Waals surface area contributed by atoms with Crippen LogP contribution in [0.3, 0.4) is 0 Å². The van der Waals surface area contributed by atoms with E-state index in [1.165, 1.54) is 28.2 Å². The number of amides is 1. The molecule has 0 bridgehead atoms. The zero-order valence-corrected chi connectivity index (χ0v) is 15.0. The highest BCUT2D eigenvalue weighted by Gasteiger charge is 2.33. The van der Waals surface area contributed by atoms with Crippen molar-refractivity contribution in [3.63, 3.8) is 0 Å². The molecule has 2 aromatic rings. The molecule has 3 nitrogen and oxygen atoms in total. The van der Waals surface area contributed by atoms with E-state index in [4.69, 9.17) is 0 Å². The minimum Gasteiger partial charge on any atom is -0.352 e. The third-order valence-electron chi connectivity index (χ3n) is 4.94. The number of thiophene rings is 2. The van der Waals surface area contributed by atoms with Gasteiger partial charge in [0.15, 0.2) is 0 Å². The lowest BCUT2D eigenvalue weighted by molar-refractivity contribution is -0.123. The Kier molecular flexibility index (Phi) is 4.26. The molecule has 23 heavy (non-hydrogen) atoms. The van der Waals surface area contributed by atoms with Crippen LogP contribution in [0.5, 0.6) is 0 Å². The molecule has 1 aliphatic heterocycles. The third kappa shape index (κ3) is 3.23. The SMILES string of the molecule is C[C@H](NC(=O)CN1CCc2sccc2[C@@H]1c1cccs1)C1CC1. The van der Waals surface area contributed by atoms with Crippen LogP contribution in [0.4, 0.5) is 0 Å². The van der Waals surface area contributed by atoms with Gasteiger partial charge in [-0.2, -0.15) is 0 Å². The number of nitrogens with one attached hydrogen (secondary N) is 1. The van der Waals surface area contributed by atoms with Gasteiger partial charge in [-0.25, -0.2) is 0 Å². The van der Waals surface area contributed by atoms with Gasteiger partial charge in [0, 0.05) is 22.3 Å². The molecule has 3 heterocycles. The summed E-state index contributed by atoms with van der Waals surface area (Å²) in [6.45, 7) is 3.59. The van der Waals surface area contributed by atoms with E-state index >= 15 is 0 Å². The van der Waals surface area contributed by atoms with E-state index in [9.17, 15) is 4.79 Å². The van der Waals surface area contributed by atoms with Crippen LogP contribution in [0, 0.1) is 5.92 Å². The topological polar surface area (TPSA) is 32.3 Å². The average Bonchev–Trinajstić information content (AvgIpc) is 3.05. The summed E-state index contributed by atoms with van der Waals surface area (Å²) in [6.07, 6.45) is 3.59. The van der Waals surface area contributed by atoms with Crippen LogP contribution in [-0.2, 0) is 11.2 Å². The maximum atomic E-state index is 12.5. The van der Waals surface area contributed by atoms with Crippen molar-refractivity contribution < 1.29 is 4.79 Å². The fourth-order valence-electron chi connectivity index (χ4n) is 3.52. The van der Waals surface area contributed by atoms with Crippen molar-refractivity contribution in [2.45, 2.75) is 38.3 Å². The minimum atomic E-state index is 0.171. The molecule has 2 atom stereocenters. The zero-order chi connectivity index (χ0) is 15.8. The first-order chi connectivity index (χ1) is 11.2. The molecule has 4 rings (SSSR count). The molecular formula is C18H22N2OS2. The number of fused-ring (bicyclic) bond motifs is 1. The molecule has 122 valence electrons. The Morgan fingerprint density at radius 3 is 2.96 bits per heavy atom. The first kappa shape index (κ1) is 15.4. The fourth-order valence-corrected chi connectivity index (χ4v) is 5.30. The molecule has 1 amide bonds. The van der Waals surface area contributed by atoms with E-state index in [1.807, 2.05) is 11.3 Å². The first-order valence-corrected chi connectivity index (χ1v) is 10.1. The summed E-state index contributed by atoms with van der Waals surface area (Å²) >= 11 is 3.63. The van der Waals surface area contributed by atoms with Crippen LogP contribution < -0.4 is 5.32 Å². The van der Waals surface area contributed by atoms with Crippen molar-refractivity contribution in [3.8, 4) is 0 Å². The Morgan fingerprint density at radius 2 is 2.22 bits per heavy atom. The molecule has 2 aromatic heterocycles. The smallest absolute Gasteiger partial charge is 0.234 e. The van der Waals surface area contributed by atoms with Gasteiger partial charge in [-0.05, 0) is 60.6 Å². The van der Waals surface area contributed by atoms with Crippen molar-refractivity contribution in [2.24, 2.45) is 5.92 Å². The molecule has 1 N–H and O–H groups in total. The van der Waals surface area contributed by atoms with Gasteiger partial charge >= 0.3 is 0 Å². The number of carbonyl (C=O) groups is 1. The predicted molar refractivity (Wildman–Crippen MR) is 96.1 cm³/mol. The van der Waals surface area contributed by atoms with Crippen LogP contribution in [0.15, 0.2) is 29.0 Å². The van der Waals surface area contributed by atoms with E-state index in [0.717, 1.165) is 13.0 Å². The zero-order valence-electron chi connectivity index (χ0n) is 13.3. The molecule has 0 spiro atoms. The summed E-state index contributed by atoms with van der Waals surface area (Å²) in [4.78, 5) is 17.6. The van der Waals surface area contributed by atoms with Gasteiger partial charge in [0.1, 0.15) is 0 Å². The Balaban J connectivity index is 1.51.